The van der Waals surface area contributed by atoms with Crippen molar-refractivity contribution in [3.05, 3.63) is 62.8 Å². The van der Waals surface area contributed by atoms with E-state index in [1.165, 1.54) is 24.3 Å². The molecule has 0 saturated carbocycles. The van der Waals surface area contributed by atoms with Crippen molar-refractivity contribution in [2.45, 2.75) is 0 Å². The molecule has 7 heteroatoms. The lowest BCUT2D eigenvalue weighted by atomic mass is 10.1. The summed E-state index contributed by atoms with van der Waals surface area (Å²) in [5, 5.41) is 2.73. The number of anilines is 1. The molecule has 0 heterocycles. The number of amides is 2. The standard InChI is InChI=1S/C14H9BrClFN2O2/c15-9-3-1-8(5-10(9)16)14(21)19-12-6-7(13(18)20)2-4-11(12)17/h1-6H,(H2,18,20)(H,19,21). The zero-order valence-electron chi connectivity index (χ0n) is 10.5. The van der Waals surface area contributed by atoms with Gasteiger partial charge < -0.3 is 11.1 Å². The van der Waals surface area contributed by atoms with Crippen molar-refractivity contribution in [1.29, 1.82) is 0 Å². The molecule has 0 aliphatic rings. The molecule has 21 heavy (non-hydrogen) atoms. The van der Waals surface area contributed by atoms with Crippen LogP contribution in [0.15, 0.2) is 40.9 Å². The summed E-state index contributed by atoms with van der Waals surface area (Å²) in [5.74, 6) is -1.93. The Balaban J connectivity index is 2.28. The summed E-state index contributed by atoms with van der Waals surface area (Å²) >= 11 is 9.10. The van der Waals surface area contributed by atoms with Crippen molar-refractivity contribution < 1.29 is 14.0 Å². The van der Waals surface area contributed by atoms with E-state index in [-0.39, 0.29) is 16.8 Å². The first-order valence-corrected chi connectivity index (χ1v) is 6.91. The minimum atomic E-state index is -0.711. The van der Waals surface area contributed by atoms with Gasteiger partial charge in [0.25, 0.3) is 5.91 Å². The lowest BCUT2D eigenvalue weighted by Crippen LogP contribution is -2.15. The zero-order valence-corrected chi connectivity index (χ0v) is 12.8. The van der Waals surface area contributed by atoms with Gasteiger partial charge in [0.2, 0.25) is 5.91 Å². The highest BCUT2D eigenvalue weighted by atomic mass is 79.9. The average molecular weight is 372 g/mol. The molecule has 108 valence electrons. The van der Waals surface area contributed by atoms with E-state index >= 15 is 0 Å². The molecular formula is C14H9BrClFN2O2. The fourth-order valence-corrected chi connectivity index (χ4v) is 2.03. The first kappa shape index (κ1) is 15.5. The minimum Gasteiger partial charge on any atom is -0.366 e. The maximum absolute atomic E-state index is 13.7. The quantitative estimate of drug-likeness (QED) is 0.865. The number of nitrogens with two attached hydrogens (primary N) is 1. The van der Waals surface area contributed by atoms with Gasteiger partial charge in [-0.05, 0) is 52.3 Å². The van der Waals surface area contributed by atoms with E-state index in [2.05, 4.69) is 21.2 Å². The van der Waals surface area contributed by atoms with Crippen LogP contribution in [0.3, 0.4) is 0 Å². The molecule has 2 aromatic carbocycles. The number of rotatable bonds is 3. The molecular weight excluding hydrogens is 363 g/mol. The van der Waals surface area contributed by atoms with Crippen LogP contribution in [0.25, 0.3) is 0 Å². The number of benzene rings is 2. The molecule has 0 radical (unpaired) electrons. The van der Waals surface area contributed by atoms with Crippen LogP contribution in [0.4, 0.5) is 10.1 Å². The maximum Gasteiger partial charge on any atom is 0.255 e. The monoisotopic (exact) mass is 370 g/mol. The van der Waals surface area contributed by atoms with Crippen molar-refractivity contribution in [3.63, 3.8) is 0 Å². The highest BCUT2D eigenvalue weighted by Crippen LogP contribution is 2.24. The Kier molecular flexibility index (Phi) is 4.59. The molecule has 0 aromatic heterocycles. The van der Waals surface area contributed by atoms with Crippen LogP contribution in [0, 0.1) is 5.82 Å². The smallest absolute Gasteiger partial charge is 0.255 e. The van der Waals surface area contributed by atoms with Crippen LogP contribution in [0.2, 0.25) is 5.02 Å². The van der Waals surface area contributed by atoms with Gasteiger partial charge in [0.05, 0.1) is 10.7 Å². The second-order valence-electron chi connectivity index (χ2n) is 4.14. The molecule has 0 unspecified atom stereocenters. The van der Waals surface area contributed by atoms with E-state index < -0.39 is 17.6 Å². The molecule has 0 spiro atoms. The number of hydrogen-bond donors (Lipinski definition) is 2. The predicted molar refractivity (Wildman–Crippen MR) is 82.0 cm³/mol. The van der Waals surface area contributed by atoms with Gasteiger partial charge in [-0.15, -0.1) is 0 Å². The van der Waals surface area contributed by atoms with Gasteiger partial charge in [-0.1, -0.05) is 11.6 Å². The van der Waals surface area contributed by atoms with Crippen LogP contribution >= 0.6 is 27.5 Å². The highest BCUT2D eigenvalue weighted by Gasteiger charge is 2.12. The Labute approximate surface area is 133 Å². The Bertz CT molecular complexity index is 737. The average Bonchev–Trinajstić information content (AvgIpc) is 2.43. The third-order valence-electron chi connectivity index (χ3n) is 2.68. The molecule has 2 rings (SSSR count). The number of carbonyl (C=O) groups is 2. The summed E-state index contributed by atoms with van der Waals surface area (Å²) in [7, 11) is 0. The Morgan fingerprint density at radius 3 is 2.43 bits per heavy atom. The second kappa shape index (κ2) is 6.24. The van der Waals surface area contributed by atoms with E-state index in [0.29, 0.717) is 9.50 Å². The van der Waals surface area contributed by atoms with E-state index in [1.807, 2.05) is 0 Å². The van der Waals surface area contributed by atoms with Gasteiger partial charge in [0.15, 0.2) is 0 Å². The maximum atomic E-state index is 13.7. The highest BCUT2D eigenvalue weighted by molar-refractivity contribution is 9.10. The summed E-state index contributed by atoms with van der Waals surface area (Å²) in [6, 6.07) is 8.05. The van der Waals surface area contributed by atoms with Crippen LogP contribution in [0.5, 0.6) is 0 Å². The molecule has 2 amide bonds. The normalized spacial score (nSPS) is 10.2. The second-order valence-corrected chi connectivity index (χ2v) is 5.40. The summed E-state index contributed by atoms with van der Waals surface area (Å²) in [4.78, 5) is 23.1. The van der Waals surface area contributed by atoms with Gasteiger partial charge in [-0.3, -0.25) is 9.59 Å². The van der Waals surface area contributed by atoms with Crippen molar-refractivity contribution in [3.8, 4) is 0 Å². The van der Waals surface area contributed by atoms with Crippen LogP contribution in [-0.4, -0.2) is 11.8 Å². The first-order chi connectivity index (χ1) is 9.88. The summed E-state index contributed by atoms with van der Waals surface area (Å²) in [6.45, 7) is 0. The number of hydrogen-bond acceptors (Lipinski definition) is 2. The summed E-state index contributed by atoms with van der Waals surface area (Å²) in [6.07, 6.45) is 0. The van der Waals surface area contributed by atoms with Gasteiger partial charge in [-0.25, -0.2) is 4.39 Å². The van der Waals surface area contributed by atoms with Crippen molar-refractivity contribution in [1.82, 2.24) is 0 Å². The Hall–Kier alpha value is -1.92. The number of carbonyl (C=O) groups excluding carboxylic acids is 2. The van der Waals surface area contributed by atoms with Gasteiger partial charge >= 0.3 is 0 Å². The van der Waals surface area contributed by atoms with Crippen molar-refractivity contribution in [2.75, 3.05) is 5.32 Å². The molecule has 0 aliphatic heterocycles. The molecule has 0 aliphatic carbocycles. The molecule has 3 N–H and O–H groups in total. The molecule has 2 aromatic rings. The molecule has 4 nitrogen and oxygen atoms in total. The number of halogens is 3. The van der Waals surface area contributed by atoms with Crippen molar-refractivity contribution >= 4 is 45.0 Å². The van der Waals surface area contributed by atoms with Gasteiger partial charge in [-0.2, -0.15) is 0 Å². The lowest BCUT2D eigenvalue weighted by Gasteiger charge is -2.08. The third-order valence-corrected chi connectivity index (χ3v) is 3.91. The van der Waals surface area contributed by atoms with Gasteiger partial charge in [0, 0.05) is 15.6 Å². The molecule has 0 atom stereocenters. The Morgan fingerprint density at radius 1 is 1.14 bits per heavy atom. The lowest BCUT2D eigenvalue weighted by molar-refractivity contribution is 0.0996. The van der Waals surface area contributed by atoms with E-state index in [1.54, 1.807) is 6.07 Å². The predicted octanol–water partition coefficient (Wildman–Crippen LogP) is 3.59. The van der Waals surface area contributed by atoms with E-state index in [9.17, 15) is 14.0 Å². The topological polar surface area (TPSA) is 72.2 Å². The third kappa shape index (κ3) is 3.59. The number of nitrogens with one attached hydrogen (secondary N) is 1. The first-order valence-electron chi connectivity index (χ1n) is 5.74. The molecule has 0 fully saturated rings. The van der Waals surface area contributed by atoms with Gasteiger partial charge in [0.1, 0.15) is 5.82 Å². The SMILES string of the molecule is NC(=O)c1ccc(F)c(NC(=O)c2ccc(Br)c(Cl)c2)c1. The van der Waals surface area contributed by atoms with Crippen LogP contribution < -0.4 is 11.1 Å². The summed E-state index contributed by atoms with van der Waals surface area (Å²) < 4.78 is 14.3. The zero-order chi connectivity index (χ0) is 15.6. The fraction of sp³-hybridized carbons (Fsp3) is 0. The fourth-order valence-electron chi connectivity index (χ4n) is 1.61. The van der Waals surface area contributed by atoms with Crippen molar-refractivity contribution in [2.24, 2.45) is 5.73 Å². The summed E-state index contributed by atoms with van der Waals surface area (Å²) in [5.41, 5.74) is 5.34. The Morgan fingerprint density at radius 2 is 1.81 bits per heavy atom. The van der Waals surface area contributed by atoms with Crippen LogP contribution in [0.1, 0.15) is 20.7 Å². The molecule has 0 bridgehead atoms. The molecule has 0 saturated heterocycles. The minimum absolute atomic E-state index is 0.0977. The largest absolute Gasteiger partial charge is 0.366 e. The van der Waals surface area contributed by atoms with E-state index in [4.69, 9.17) is 17.3 Å². The number of primary amides is 1. The van der Waals surface area contributed by atoms with E-state index in [0.717, 1.165) is 6.07 Å². The van der Waals surface area contributed by atoms with Crippen LogP contribution in [-0.2, 0) is 0 Å².